The van der Waals surface area contributed by atoms with E-state index in [1.54, 1.807) is 6.33 Å². The van der Waals surface area contributed by atoms with E-state index in [0.29, 0.717) is 18.7 Å². The first-order valence-electron chi connectivity index (χ1n) is 10.3. The summed E-state index contributed by atoms with van der Waals surface area (Å²) < 4.78 is 5.51. The van der Waals surface area contributed by atoms with Crippen LogP contribution in [-0.2, 0) is 4.74 Å². The second-order valence-electron chi connectivity index (χ2n) is 8.66. The zero-order valence-electron chi connectivity index (χ0n) is 16.7. The Labute approximate surface area is 162 Å². The molecule has 1 N–H and O–H groups in total. The molecule has 1 saturated carbocycles. The van der Waals surface area contributed by atoms with Crippen LogP contribution in [0.3, 0.4) is 0 Å². The van der Waals surface area contributed by atoms with Crippen molar-refractivity contribution in [1.82, 2.24) is 14.9 Å². The number of hydrogen-bond donors (Lipinski definition) is 1. The second-order valence-corrected chi connectivity index (χ2v) is 8.66. The monoisotopic (exact) mass is 375 g/mol. The van der Waals surface area contributed by atoms with Gasteiger partial charge in [-0.2, -0.15) is 0 Å². The van der Waals surface area contributed by atoms with Crippen LogP contribution >= 0.6 is 0 Å². The van der Waals surface area contributed by atoms with Crippen molar-refractivity contribution in [1.29, 1.82) is 0 Å². The van der Waals surface area contributed by atoms with Gasteiger partial charge in [-0.1, -0.05) is 0 Å². The van der Waals surface area contributed by atoms with Gasteiger partial charge in [0.15, 0.2) is 0 Å². The Bertz CT molecular complexity index is 623. The highest BCUT2D eigenvalue weighted by Gasteiger charge is 2.38. The summed E-state index contributed by atoms with van der Waals surface area (Å²) in [6, 6.07) is 3.27. The normalized spacial score (nSPS) is 27.5. The molecule has 2 aliphatic heterocycles. The third kappa shape index (κ3) is 4.52. The molecule has 1 aromatic heterocycles. The molecule has 1 aliphatic carbocycles. The summed E-state index contributed by atoms with van der Waals surface area (Å²) >= 11 is 0. The maximum absolute atomic E-state index is 10.8. The van der Waals surface area contributed by atoms with E-state index in [-0.39, 0.29) is 0 Å². The van der Waals surface area contributed by atoms with Crippen LogP contribution in [0.25, 0.3) is 0 Å². The molecule has 4 rings (SSSR count). The Morgan fingerprint density at radius 3 is 2.48 bits per heavy atom. The molecule has 150 valence electrons. The van der Waals surface area contributed by atoms with Gasteiger partial charge < -0.3 is 24.5 Å². The number of piperidine rings is 1. The molecule has 0 amide bonds. The summed E-state index contributed by atoms with van der Waals surface area (Å²) in [7, 11) is 4.04. The third-order valence-corrected chi connectivity index (χ3v) is 6.07. The minimum atomic E-state index is -0.658. The molecular formula is C20H33N5O2. The minimum Gasteiger partial charge on any atom is -0.386 e. The largest absolute Gasteiger partial charge is 0.386 e. The highest BCUT2D eigenvalue weighted by molar-refractivity contribution is 5.51. The van der Waals surface area contributed by atoms with E-state index in [0.717, 1.165) is 63.6 Å². The molecule has 0 bridgehead atoms. The predicted octanol–water partition coefficient (Wildman–Crippen LogP) is 1.52. The fraction of sp³-hybridized carbons (Fsp3) is 0.800. The molecule has 27 heavy (non-hydrogen) atoms. The van der Waals surface area contributed by atoms with Crippen molar-refractivity contribution in [3.05, 3.63) is 12.4 Å². The molecular weight excluding hydrogens is 342 g/mol. The summed E-state index contributed by atoms with van der Waals surface area (Å²) in [5, 5.41) is 10.8. The smallest absolute Gasteiger partial charge is 0.134 e. The summed E-state index contributed by atoms with van der Waals surface area (Å²) in [5.41, 5.74) is -0.658. The SMILES string of the molecule is CN(C)c1cc(N(C2CC2)C2CCN(CC3(O)CCCOC3)CC2)ncn1. The number of β-amino-alcohol motifs (C(OH)–C–C–N with tert-alkyl or cyclic N) is 1. The molecule has 3 fully saturated rings. The van der Waals surface area contributed by atoms with Crippen LogP contribution in [-0.4, -0.2) is 84.6 Å². The van der Waals surface area contributed by atoms with E-state index < -0.39 is 5.60 Å². The Kier molecular flexibility index (Phi) is 5.53. The van der Waals surface area contributed by atoms with Gasteiger partial charge in [-0.05, 0) is 38.5 Å². The zero-order chi connectivity index (χ0) is 18.9. The fourth-order valence-electron chi connectivity index (χ4n) is 4.48. The summed E-state index contributed by atoms with van der Waals surface area (Å²) in [5.74, 6) is 2.02. The first-order valence-corrected chi connectivity index (χ1v) is 10.3. The zero-order valence-corrected chi connectivity index (χ0v) is 16.7. The van der Waals surface area contributed by atoms with Gasteiger partial charge in [0, 0.05) is 58.5 Å². The fourth-order valence-corrected chi connectivity index (χ4v) is 4.48. The Hall–Kier alpha value is -1.44. The molecule has 0 spiro atoms. The summed E-state index contributed by atoms with van der Waals surface area (Å²) in [4.78, 5) is 16.0. The van der Waals surface area contributed by atoms with Gasteiger partial charge >= 0.3 is 0 Å². The van der Waals surface area contributed by atoms with Crippen LogP contribution in [0.1, 0.15) is 38.5 Å². The lowest BCUT2D eigenvalue weighted by atomic mass is 9.94. The van der Waals surface area contributed by atoms with E-state index in [2.05, 4.69) is 25.8 Å². The molecule has 7 nitrogen and oxygen atoms in total. The highest BCUT2D eigenvalue weighted by Crippen LogP contribution is 2.36. The first kappa shape index (κ1) is 18.9. The van der Waals surface area contributed by atoms with Crippen molar-refractivity contribution in [3.8, 4) is 0 Å². The van der Waals surface area contributed by atoms with Gasteiger partial charge in [-0.3, -0.25) is 0 Å². The number of ether oxygens (including phenoxy) is 1. The van der Waals surface area contributed by atoms with Crippen molar-refractivity contribution >= 4 is 11.6 Å². The van der Waals surface area contributed by atoms with Crippen LogP contribution in [0.4, 0.5) is 11.6 Å². The second kappa shape index (κ2) is 7.89. The molecule has 3 aliphatic rings. The van der Waals surface area contributed by atoms with Crippen LogP contribution in [0.5, 0.6) is 0 Å². The lowest BCUT2D eigenvalue weighted by Crippen LogP contribution is -2.53. The van der Waals surface area contributed by atoms with Crippen molar-refractivity contribution in [2.24, 2.45) is 0 Å². The van der Waals surface area contributed by atoms with Crippen molar-refractivity contribution in [3.63, 3.8) is 0 Å². The van der Waals surface area contributed by atoms with Gasteiger partial charge in [-0.15, -0.1) is 0 Å². The number of likely N-dealkylation sites (tertiary alicyclic amines) is 1. The Morgan fingerprint density at radius 1 is 1.15 bits per heavy atom. The van der Waals surface area contributed by atoms with E-state index in [1.165, 1.54) is 12.8 Å². The van der Waals surface area contributed by atoms with Crippen LogP contribution in [0.15, 0.2) is 12.4 Å². The number of anilines is 2. The van der Waals surface area contributed by atoms with E-state index >= 15 is 0 Å². The van der Waals surface area contributed by atoms with Crippen molar-refractivity contribution in [2.45, 2.75) is 56.2 Å². The topological polar surface area (TPSA) is 65.0 Å². The van der Waals surface area contributed by atoms with E-state index in [4.69, 9.17) is 4.74 Å². The molecule has 1 aromatic rings. The lowest BCUT2D eigenvalue weighted by Gasteiger charge is -2.42. The van der Waals surface area contributed by atoms with Crippen LogP contribution in [0, 0.1) is 0 Å². The molecule has 3 heterocycles. The third-order valence-electron chi connectivity index (χ3n) is 6.07. The van der Waals surface area contributed by atoms with Gasteiger partial charge in [0.25, 0.3) is 0 Å². The van der Waals surface area contributed by atoms with Crippen molar-refractivity contribution < 1.29 is 9.84 Å². The average Bonchev–Trinajstić information content (AvgIpc) is 3.49. The number of nitrogens with zero attached hydrogens (tertiary/aromatic N) is 5. The molecule has 1 unspecified atom stereocenters. The maximum atomic E-state index is 10.8. The molecule has 2 saturated heterocycles. The maximum Gasteiger partial charge on any atom is 0.134 e. The molecule has 0 radical (unpaired) electrons. The summed E-state index contributed by atoms with van der Waals surface area (Å²) in [6.07, 6.45) is 8.27. The number of hydrogen-bond acceptors (Lipinski definition) is 7. The summed E-state index contributed by atoms with van der Waals surface area (Å²) in [6.45, 7) is 4.06. The van der Waals surface area contributed by atoms with Crippen molar-refractivity contribution in [2.75, 3.05) is 56.7 Å². The lowest BCUT2D eigenvalue weighted by molar-refractivity contribution is -0.102. The Morgan fingerprint density at radius 2 is 1.85 bits per heavy atom. The predicted molar refractivity (Wildman–Crippen MR) is 106 cm³/mol. The highest BCUT2D eigenvalue weighted by atomic mass is 16.5. The first-order chi connectivity index (χ1) is 13.0. The quantitative estimate of drug-likeness (QED) is 0.809. The van der Waals surface area contributed by atoms with Crippen LogP contribution < -0.4 is 9.80 Å². The Balaban J connectivity index is 1.39. The van der Waals surface area contributed by atoms with E-state index in [9.17, 15) is 5.11 Å². The van der Waals surface area contributed by atoms with Gasteiger partial charge in [0.05, 0.1) is 6.61 Å². The molecule has 0 aromatic carbocycles. The van der Waals surface area contributed by atoms with E-state index in [1.807, 2.05) is 19.0 Å². The van der Waals surface area contributed by atoms with Gasteiger partial charge in [0.1, 0.15) is 23.6 Å². The standard InChI is InChI=1S/C20H33N5O2/c1-23(2)18-12-19(22-15-21-18)25(16-4-5-16)17-6-9-24(10-7-17)13-20(26)8-3-11-27-14-20/h12,15-17,26H,3-11,13-14H2,1-2H3. The number of aliphatic hydroxyl groups is 1. The molecule has 7 heteroatoms. The van der Waals surface area contributed by atoms with Crippen LogP contribution in [0.2, 0.25) is 0 Å². The number of aromatic nitrogens is 2. The molecule has 1 atom stereocenters. The average molecular weight is 376 g/mol. The van der Waals surface area contributed by atoms with Gasteiger partial charge in [-0.25, -0.2) is 9.97 Å². The van der Waals surface area contributed by atoms with Gasteiger partial charge in [0.2, 0.25) is 0 Å². The minimum absolute atomic E-state index is 0.482. The number of rotatable bonds is 6.